The van der Waals surface area contributed by atoms with Crippen LogP contribution in [0.1, 0.15) is 5.69 Å². The molecule has 5 nitrogen and oxygen atoms in total. The van der Waals surface area contributed by atoms with Crippen LogP contribution in [0.15, 0.2) is 29.6 Å². The summed E-state index contributed by atoms with van der Waals surface area (Å²) < 4.78 is 1.68. The maximum absolute atomic E-state index is 5.77. The van der Waals surface area contributed by atoms with Crippen molar-refractivity contribution >= 4 is 17.4 Å². The molecule has 0 spiro atoms. The number of nitrogens with two attached hydrogens (primary N) is 1. The second kappa shape index (κ2) is 4.31. The van der Waals surface area contributed by atoms with Gasteiger partial charge in [-0.15, -0.1) is 5.10 Å². The van der Waals surface area contributed by atoms with Crippen LogP contribution in [0.2, 0.25) is 0 Å². The van der Waals surface area contributed by atoms with E-state index in [1.165, 1.54) is 0 Å². The first-order valence-electron chi connectivity index (χ1n) is 4.44. The van der Waals surface area contributed by atoms with E-state index in [1.807, 2.05) is 25.4 Å². The molecule has 6 heteroatoms. The summed E-state index contributed by atoms with van der Waals surface area (Å²) in [5.74, 6) is 0.731. The quantitative estimate of drug-likeness (QED) is 0.785. The average molecular weight is 221 g/mol. The van der Waals surface area contributed by atoms with Crippen molar-refractivity contribution in [2.24, 2.45) is 7.05 Å². The molecule has 0 aliphatic carbocycles. The van der Waals surface area contributed by atoms with Crippen LogP contribution in [0.4, 0.5) is 5.69 Å². The van der Waals surface area contributed by atoms with Gasteiger partial charge in [0.25, 0.3) is 0 Å². The molecule has 0 aliphatic heterocycles. The van der Waals surface area contributed by atoms with Crippen molar-refractivity contribution in [3.05, 3.63) is 30.2 Å². The molecule has 0 saturated heterocycles. The van der Waals surface area contributed by atoms with E-state index >= 15 is 0 Å². The molecule has 0 aromatic carbocycles. The summed E-state index contributed by atoms with van der Waals surface area (Å²) in [6.45, 7) is 0. The topological polar surface area (TPSA) is 69.6 Å². The Morgan fingerprint density at radius 3 is 3.07 bits per heavy atom. The van der Waals surface area contributed by atoms with Crippen molar-refractivity contribution in [3.8, 4) is 0 Å². The number of hydrogen-bond donors (Lipinski definition) is 1. The van der Waals surface area contributed by atoms with Gasteiger partial charge in [-0.05, 0) is 12.1 Å². The molecule has 2 heterocycles. The van der Waals surface area contributed by atoms with Gasteiger partial charge in [0.2, 0.25) is 0 Å². The predicted molar refractivity (Wildman–Crippen MR) is 59.2 cm³/mol. The first kappa shape index (κ1) is 9.97. The van der Waals surface area contributed by atoms with Crippen LogP contribution in [-0.2, 0) is 12.8 Å². The highest BCUT2D eigenvalue weighted by Crippen LogP contribution is 2.24. The summed E-state index contributed by atoms with van der Waals surface area (Å²) >= 11 is 1.56. The Hall–Kier alpha value is -1.56. The molecule has 0 aliphatic rings. The molecule has 2 N–H and O–H groups in total. The highest BCUT2D eigenvalue weighted by Gasteiger charge is 2.03. The molecule has 0 bridgehead atoms. The van der Waals surface area contributed by atoms with E-state index in [2.05, 4.69) is 15.3 Å². The van der Waals surface area contributed by atoms with Gasteiger partial charge in [-0.2, -0.15) is 0 Å². The molecule has 0 unspecified atom stereocenters. The van der Waals surface area contributed by atoms with Gasteiger partial charge in [-0.3, -0.25) is 4.68 Å². The zero-order valence-electron chi connectivity index (χ0n) is 8.29. The lowest BCUT2D eigenvalue weighted by Gasteiger charge is -2.00. The zero-order chi connectivity index (χ0) is 10.7. The molecule has 0 saturated carbocycles. The maximum atomic E-state index is 5.77. The predicted octanol–water partition coefficient (Wildman–Crippen LogP) is 1.08. The Labute approximate surface area is 91.7 Å². The number of rotatable bonds is 3. The lowest BCUT2D eigenvalue weighted by atomic mass is 10.4. The summed E-state index contributed by atoms with van der Waals surface area (Å²) in [6, 6.07) is 3.66. The first-order chi connectivity index (χ1) is 7.25. The standard InChI is InChI=1S/C9H11N5S/c1-14-5-7(12-13-14)6-15-9-8(10)3-2-4-11-9/h2-5H,6,10H2,1H3. The SMILES string of the molecule is Cn1cc(CSc2ncccc2N)nn1. The van der Waals surface area contributed by atoms with Gasteiger partial charge in [0.05, 0.1) is 11.4 Å². The summed E-state index contributed by atoms with van der Waals surface area (Å²) in [5.41, 5.74) is 7.39. The molecule has 15 heavy (non-hydrogen) atoms. The third-order valence-corrected chi connectivity index (χ3v) is 2.86. The van der Waals surface area contributed by atoms with Crippen molar-refractivity contribution in [2.45, 2.75) is 10.8 Å². The third kappa shape index (κ3) is 2.47. The van der Waals surface area contributed by atoms with E-state index in [0.29, 0.717) is 5.69 Å². The summed E-state index contributed by atoms with van der Waals surface area (Å²) in [5, 5.41) is 8.67. The largest absolute Gasteiger partial charge is 0.397 e. The summed E-state index contributed by atoms with van der Waals surface area (Å²) in [4.78, 5) is 4.18. The van der Waals surface area contributed by atoms with Crippen molar-refractivity contribution < 1.29 is 0 Å². The molecule has 0 atom stereocenters. The Bertz CT molecular complexity index is 453. The Morgan fingerprint density at radius 2 is 2.40 bits per heavy atom. The fourth-order valence-corrected chi connectivity index (χ4v) is 1.91. The van der Waals surface area contributed by atoms with Gasteiger partial charge >= 0.3 is 0 Å². The second-order valence-electron chi connectivity index (χ2n) is 3.07. The lowest BCUT2D eigenvalue weighted by Crippen LogP contribution is -1.91. The van der Waals surface area contributed by atoms with E-state index in [4.69, 9.17) is 5.73 Å². The van der Waals surface area contributed by atoms with Crippen molar-refractivity contribution in [1.29, 1.82) is 0 Å². The highest BCUT2D eigenvalue weighted by molar-refractivity contribution is 7.98. The monoisotopic (exact) mass is 221 g/mol. The van der Waals surface area contributed by atoms with Gasteiger partial charge in [-0.25, -0.2) is 4.98 Å². The number of thioether (sulfide) groups is 1. The smallest absolute Gasteiger partial charge is 0.119 e. The fraction of sp³-hybridized carbons (Fsp3) is 0.222. The van der Waals surface area contributed by atoms with Gasteiger partial charge < -0.3 is 5.73 Å². The number of anilines is 1. The van der Waals surface area contributed by atoms with E-state index in [-0.39, 0.29) is 0 Å². The number of aryl methyl sites for hydroxylation is 1. The van der Waals surface area contributed by atoms with Crippen molar-refractivity contribution in [3.63, 3.8) is 0 Å². The van der Waals surface area contributed by atoms with Gasteiger partial charge in [0.1, 0.15) is 5.03 Å². The van der Waals surface area contributed by atoms with Crippen molar-refractivity contribution in [2.75, 3.05) is 5.73 Å². The lowest BCUT2D eigenvalue weighted by molar-refractivity contribution is 0.714. The first-order valence-corrected chi connectivity index (χ1v) is 5.43. The average Bonchev–Trinajstić information content (AvgIpc) is 2.63. The van der Waals surface area contributed by atoms with E-state index in [0.717, 1.165) is 16.5 Å². The number of nitrogens with zero attached hydrogens (tertiary/aromatic N) is 4. The molecule has 0 amide bonds. The van der Waals surface area contributed by atoms with Gasteiger partial charge in [0.15, 0.2) is 0 Å². The molecule has 2 aromatic heterocycles. The molecule has 78 valence electrons. The van der Waals surface area contributed by atoms with Crippen LogP contribution in [0, 0.1) is 0 Å². The van der Waals surface area contributed by atoms with Crippen LogP contribution >= 0.6 is 11.8 Å². The minimum atomic E-state index is 0.700. The van der Waals surface area contributed by atoms with Crippen LogP contribution in [0.5, 0.6) is 0 Å². The third-order valence-electron chi connectivity index (χ3n) is 1.81. The van der Waals surface area contributed by atoms with Gasteiger partial charge in [-0.1, -0.05) is 17.0 Å². The number of hydrogen-bond acceptors (Lipinski definition) is 5. The second-order valence-corrected chi connectivity index (χ2v) is 4.03. The normalized spacial score (nSPS) is 10.5. The maximum Gasteiger partial charge on any atom is 0.119 e. The highest BCUT2D eigenvalue weighted by atomic mass is 32.2. The van der Waals surface area contributed by atoms with E-state index in [9.17, 15) is 0 Å². The van der Waals surface area contributed by atoms with Crippen LogP contribution in [-0.4, -0.2) is 20.0 Å². The van der Waals surface area contributed by atoms with Crippen LogP contribution in [0.3, 0.4) is 0 Å². The van der Waals surface area contributed by atoms with E-state index in [1.54, 1.807) is 22.6 Å². The molecule has 0 radical (unpaired) electrons. The Balaban J connectivity index is 2.02. The van der Waals surface area contributed by atoms with Gasteiger partial charge in [0, 0.05) is 25.2 Å². The van der Waals surface area contributed by atoms with Crippen LogP contribution < -0.4 is 5.73 Å². The van der Waals surface area contributed by atoms with Crippen LogP contribution in [0.25, 0.3) is 0 Å². The molecule has 2 aromatic rings. The minimum Gasteiger partial charge on any atom is -0.397 e. The molecule has 0 fully saturated rings. The number of aromatic nitrogens is 4. The molecule has 2 rings (SSSR count). The Morgan fingerprint density at radius 1 is 1.53 bits per heavy atom. The summed E-state index contributed by atoms with van der Waals surface area (Å²) in [7, 11) is 1.84. The minimum absolute atomic E-state index is 0.700. The molecular weight excluding hydrogens is 210 g/mol. The fourth-order valence-electron chi connectivity index (χ4n) is 1.13. The number of nitrogen functional groups attached to an aromatic ring is 1. The zero-order valence-corrected chi connectivity index (χ0v) is 9.11. The summed E-state index contributed by atoms with van der Waals surface area (Å²) in [6.07, 6.45) is 3.61. The molecular formula is C9H11N5S. The number of pyridine rings is 1. The van der Waals surface area contributed by atoms with Crippen molar-refractivity contribution in [1.82, 2.24) is 20.0 Å². The van der Waals surface area contributed by atoms with E-state index < -0.39 is 0 Å². The Kier molecular flexibility index (Phi) is 2.86.